The largest absolute Gasteiger partial charge is 2.00 e. The van der Waals surface area contributed by atoms with E-state index in [0.717, 1.165) is 0 Å². The van der Waals surface area contributed by atoms with Gasteiger partial charge in [-0.25, -0.2) is 10.5 Å². The molecule has 0 aromatic heterocycles. The van der Waals surface area contributed by atoms with Crippen LogP contribution in [0, 0.1) is 21.3 Å². The number of hydrogen-bond donors (Lipinski definition) is 0. The van der Waals surface area contributed by atoms with Gasteiger partial charge in [-0.2, -0.15) is 0 Å². The van der Waals surface area contributed by atoms with Gasteiger partial charge in [0.2, 0.25) is 0 Å². The SMILES string of the molecule is N#C[S-].N#C[S-].[Ba+2]. The molecule has 0 aliphatic rings. The van der Waals surface area contributed by atoms with Gasteiger partial charge in [0.25, 0.3) is 0 Å². The van der Waals surface area contributed by atoms with Gasteiger partial charge >= 0.3 is 48.9 Å². The van der Waals surface area contributed by atoms with E-state index < -0.39 is 0 Å². The summed E-state index contributed by atoms with van der Waals surface area (Å²) in [4.78, 5) is 0. The van der Waals surface area contributed by atoms with Crippen molar-refractivity contribution >= 4 is 74.1 Å². The standard InChI is InChI=1S/2CHNS.Ba/c2*2-1-3;/h2*3H;/q;;+2/p-2. The summed E-state index contributed by atoms with van der Waals surface area (Å²) >= 11 is 7.40. The molecular weight excluding hydrogens is 253 g/mol. The van der Waals surface area contributed by atoms with Gasteiger partial charge in [-0.3, -0.25) is 0 Å². The summed E-state index contributed by atoms with van der Waals surface area (Å²) in [5.41, 5.74) is 0. The second-order valence-corrected chi connectivity index (χ2v) is 0.548. The molecule has 2 nitrogen and oxygen atoms in total. The number of nitriles is 2. The molecule has 0 heterocycles. The molecule has 0 unspecified atom stereocenters. The molecule has 32 valence electrons. The van der Waals surface area contributed by atoms with Crippen LogP contribution in [0.2, 0.25) is 0 Å². The van der Waals surface area contributed by atoms with Crippen molar-refractivity contribution in [1.82, 2.24) is 0 Å². The van der Waals surface area contributed by atoms with Crippen LogP contribution >= 0.6 is 0 Å². The molecule has 0 aliphatic heterocycles. The molecule has 0 aromatic rings. The average Bonchev–Trinajstić information content (AvgIpc) is 1.39. The predicted octanol–water partition coefficient (Wildman–Crippen LogP) is -0.352. The molecule has 0 bridgehead atoms. The molecule has 0 aliphatic carbocycles. The van der Waals surface area contributed by atoms with E-state index in [4.69, 9.17) is 10.5 Å². The maximum Gasteiger partial charge on any atom is 2.00 e. The number of nitrogens with zero attached hydrogens (tertiary/aromatic N) is 2. The molecule has 0 fully saturated rings. The molecule has 0 N–H and O–H groups in total. The van der Waals surface area contributed by atoms with Crippen molar-refractivity contribution in [2.75, 3.05) is 0 Å². The Morgan fingerprint density at radius 3 is 1.00 bits per heavy atom. The Labute approximate surface area is 93.8 Å². The maximum atomic E-state index is 7.13. The fourth-order valence-electron chi connectivity index (χ4n) is 0. The van der Waals surface area contributed by atoms with Crippen LogP contribution < -0.4 is 0 Å². The van der Waals surface area contributed by atoms with Crippen molar-refractivity contribution in [1.29, 1.82) is 10.5 Å². The van der Waals surface area contributed by atoms with Crippen LogP contribution in [0.25, 0.3) is 0 Å². The van der Waals surface area contributed by atoms with E-state index >= 15 is 0 Å². The van der Waals surface area contributed by atoms with Gasteiger partial charge < -0.3 is 25.3 Å². The first kappa shape index (κ1) is 15.7. The molecule has 0 amide bonds. The summed E-state index contributed by atoms with van der Waals surface area (Å²) in [6.07, 6.45) is 0. The van der Waals surface area contributed by atoms with E-state index in [1.807, 2.05) is 0 Å². The zero-order chi connectivity index (χ0) is 5.41. The fourth-order valence-corrected chi connectivity index (χ4v) is 0. The van der Waals surface area contributed by atoms with Crippen molar-refractivity contribution in [3.63, 3.8) is 0 Å². The molecule has 0 saturated heterocycles. The van der Waals surface area contributed by atoms with Crippen LogP contribution in [-0.2, 0) is 25.3 Å². The van der Waals surface area contributed by atoms with E-state index in [-0.39, 0.29) is 48.9 Å². The summed E-state index contributed by atoms with van der Waals surface area (Å²) in [6, 6.07) is 0. The van der Waals surface area contributed by atoms with Crippen molar-refractivity contribution in [3.8, 4) is 10.8 Å². The van der Waals surface area contributed by atoms with Gasteiger partial charge in [0, 0.05) is 0 Å². The molecule has 0 radical (unpaired) electrons. The number of rotatable bonds is 0. The van der Waals surface area contributed by atoms with Crippen molar-refractivity contribution in [2.45, 2.75) is 0 Å². The molecule has 0 saturated carbocycles. The Balaban J connectivity index is -0.0000000400. The Hall–Kier alpha value is 0.991. The van der Waals surface area contributed by atoms with E-state index in [1.165, 1.54) is 10.8 Å². The molecule has 0 spiro atoms. The minimum Gasteiger partial charge on any atom is -0.696 e. The zero-order valence-electron chi connectivity index (χ0n) is 3.42. The molecule has 5 heteroatoms. The summed E-state index contributed by atoms with van der Waals surface area (Å²) in [7, 11) is 0. The van der Waals surface area contributed by atoms with Gasteiger partial charge in [-0.1, -0.05) is 10.8 Å². The first-order chi connectivity index (χ1) is 2.83. The van der Waals surface area contributed by atoms with E-state index in [0.29, 0.717) is 0 Å². The smallest absolute Gasteiger partial charge is 0.696 e. The third kappa shape index (κ3) is 177. The van der Waals surface area contributed by atoms with Gasteiger partial charge in [0.05, 0.1) is 0 Å². The molecule has 0 rings (SSSR count). The Morgan fingerprint density at radius 1 is 1.00 bits per heavy atom. The van der Waals surface area contributed by atoms with E-state index in [1.54, 1.807) is 0 Å². The normalized spacial score (nSPS) is 2.00. The van der Waals surface area contributed by atoms with E-state index in [2.05, 4.69) is 25.3 Å². The number of thiocyanates is 2. The quantitative estimate of drug-likeness (QED) is 0.336. The molecule has 7 heavy (non-hydrogen) atoms. The third-order valence-corrected chi connectivity index (χ3v) is 0. The molecule has 0 aromatic carbocycles. The van der Waals surface area contributed by atoms with Crippen LogP contribution in [0.3, 0.4) is 0 Å². The van der Waals surface area contributed by atoms with Crippen molar-refractivity contribution in [2.24, 2.45) is 0 Å². The zero-order valence-corrected chi connectivity index (χ0v) is 9.49. The van der Waals surface area contributed by atoms with Crippen LogP contribution in [-0.4, -0.2) is 48.9 Å². The van der Waals surface area contributed by atoms with Crippen molar-refractivity contribution in [3.05, 3.63) is 0 Å². The van der Waals surface area contributed by atoms with Crippen molar-refractivity contribution < 1.29 is 0 Å². The fraction of sp³-hybridized carbons (Fsp3) is 0. The van der Waals surface area contributed by atoms with Crippen LogP contribution in [0.4, 0.5) is 0 Å². The van der Waals surface area contributed by atoms with Gasteiger partial charge in [0.15, 0.2) is 0 Å². The van der Waals surface area contributed by atoms with Crippen LogP contribution in [0.1, 0.15) is 0 Å². The predicted molar refractivity (Wildman–Crippen MR) is 31.7 cm³/mol. The summed E-state index contributed by atoms with van der Waals surface area (Å²) < 4.78 is 0. The minimum atomic E-state index is 0. The Bertz CT molecular complexity index is 68.7. The van der Waals surface area contributed by atoms with Crippen LogP contribution in [0.15, 0.2) is 0 Å². The van der Waals surface area contributed by atoms with Gasteiger partial charge in [0.1, 0.15) is 0 Å². The number of hydrogen-bond acceptors (Lipinski definition) is 4. The minimum absolute atomic E-state index is 0. The first-order valence-electron chi connectivity index (χ1n) is 0.855. The first-order valence-corrected chi connectivity index (χ1v) is 1.67. The second kappa shape index (κ2) is 28.0. The summed E-state index contributed by atoms with van der Waals surface area (Å²) in [6.45, 7) is 0. The maximum absolute atomic E-state index is 7.13. The third-order valence-electron chi connectivity index (χ3n) is 0. The van der Waals surface area contributed by atoms with Gasteiger partial charge in [-0.15, -0.1) is 0 Å². The topological polar surface area (TPSA) is 47.6 Å². The Kier molecular flexibility index (Phi) is 62.8. The monoisotopic (exact) mass is 254 g/mol. The summed E-state index contributed by atoms with van der Waals surface area (Å²) in [5.74, 6) is 0. The van der Waals surface area contributed by atoms with Gasteiger partial charge in [-0.05, 0) is 0 Å². The Morgan fingerprint density at radius 2 is 1.00 bits per heavy atom. The summed E-state index contributed by atoms with van der Waals surface area (Å²) in [5, 5.41) is 16.9. The molecular formula is C2BaN2S2. The average molecular weight is 253 g/mol. The molecule has 0 atom stereocenters. The second-order valence-electron chi connectivity index (χ2n) is 0.183. The van der Waals surface area contributed by atoms with Crippen LogP contribution in [0.5, 0.6) is 0 Å². The van der Waals surface area contributed by atoms with E-state index in [9.17, 15) is 0 Å².